The second-order valence-corrected chi connectivity index (χ2v) is 6.46. The molecule has 0 amide bonds. The van der Waals surface area contributed by atoms with Gasteiger partial charge in [0.15, 0.2) is 0 Å². The van der Waals surface area contributed by atoms with Crippen LogP contribution in [0.4, 0.5) is 0 Å². The number of methoxy groups -OCH3 is 1. The number of hydrogen-bond acceptors (Lipinski definition) is 4. The van der Waals surface area contributed by atoms with Crippen molar-refractivity contribution in [2.75, 3.05) is 7.11 Å². The summed E-state index contributed by atoms with van der Waals surface area (Å²) in [6.07, 6.45) is 1.14. The summed E-state index contributed by atoms with van der Waals surface area (Å²) in [4.78, 5) is 16.4. The van der Waals surface area contributed by atoms with Crippen LogP contribution in [0.15, 0.2) is 54.6 Å². The predicted molar refractivity (Wildman–Crippen MR) is 94.1 cm³/mol. The number of hydrogen-bond donors (Lipinski definition) is 1. The van der Waals surface area contributed by atoms with Gasteiger partial charge in [-0.2, -0.15) is 0 Å². The van der Waals surface area contributed by atoms with Crippen LogP contribution >= 0.6 is 11.3 Å². The van der Waals surface area contributed by atoms with E-state index in [-0.39, 0.29) is 0 Å². The van der Waals surface area contributed by atoms with E-state index < -0.39 is 5.97 Å². The van der Waals surface area contributed by atoms with Crippen molar-refractivity contribution in [2.24, 2.45) is 0 Å². The summed E-state index contributed by atoms with van der Waals surface area (Å²) in [6.45, 7) is 0. The van der Waals surface area contributed by atoms with Gasteiger partial charge in [0.2, 0.25) is 0 Å². The van der Waals surface area contributed by atoms with Crippen molar-refractivity contribution in [3.05, 3.63) is 81.3 Å². The van der Waals surface area contributed by atoms with Crippen molar-refractivity contribution < 1.29 is 14.6 Å². The normalized spacial score (nSPS) is 10.5. The molecule has 0 atom stereocenters. The van der Waals surface area contributed by atoms with Crippen molar-refractivity contribution in [2.45, 2.75) is 12.8 Å². The van der Waals surface area contributed by atoms with Crippen LogP contribution < -0.4 is 4.74 Å². The molecule has 1 N–H and O–H groups in total. The lowest BCUT2D eigenvalue weighted by atomic mass is 10.1. The third-order valence-electron chi connectivity index (χ3n) is 3.66. The third-order valence-corrected chi connectivity index (χ3v) is 4.75. The number of aromatic carboxylic acids is 1. The van der Waals surface area contributed by atoms with E-state index >= 15 is 0 Å². The summed E-state index contributed by atoms with van der Waals surface area (Å²) >= 11 is 1.25. The maximum absolute atomic E-state index is 11.5. The molecule has 0 aliphatic heterocycles. The second kappa shape index (κ2) is 7.27. The van der Waals surface area contributed by atoms with E-state index in [1.807, 2.05) is 54.6 Å². The average Bonchev–Trinajstić information content (AvgIpc) is 2.99. The summed E-state index contributed by atoms with van der Waals surface area (Å²) < 4.78 is 5.15. The largest absolute Gasteiger partial charge is 0.497 e. The molecule has 0 bridgehead atoms. The van der Waals surface area contributed by atoms with Crippen LogP contribution in [-0.2, 0) is 12.8 Å². The van der Waals surface area contributed by atoms with Crippen LogP contribution in [0.3, 0.4) is 0 Å². The van der Waals surface area contributed by atoms with Gasteiger partial charge in [0.25, 0.3) is 0 Å². The van der Waals surface area contributed by atoms with E-state index in [9.17, 15) is 9.90 Å². The highest BCUT2D eigenvalue weighted by molar-refractivity contribution is 7.13. The van der Waals surface area contributed by atoms with Gasteiger partial charge in [-0.1, -0.05) is 42.5 Å². The Morgan fingerprint density at radius 3 is 2.33 bits per heavy atom. The maximum atomic E-state index is 11.5. The average molecular weight is 339 g/mol. The molecule has 5 heteroatoms. The highest BCUT2D eigenvalue weighted by atomic mass is 32.1. The van der Waals surface area contributed by atoms with Gasteiger partial charge in [-0.3, -0.25) is 0 Å². The molecular weight excluding hydrogens is 322 g/mol. The summed E-state index contributed by atoms with van der Waals surface area (Å²) in [6, 6.07) is 17.5. The van der Waals surface area contributed by atoms with E-state index in [4.69, 9.17) is 4.74 Å². The number of carboxylic acid groups (broad SMARTS) is 1. The van der Waals surface area contributed by atoms with Crippen LogP contribution in [0.1, 0.15) is 31.5 Å². The highest BCUT2D eigenvalue weighted by Crippen LogP contribution is 2.24. The van der Waals surface area contributed by atoms with Gasteiger partial charge in [0.1, 0.15) is 10.6 Å². The minimum atomic E-state index is -0.917. The standard InChI is InChI=1S/C19H17NO3S/c1-23-15-9-7-14(8-10-15)12-17-20-16(18(24-17)19(21)22)11-13-5-3-2-4-6-13/h2-10H,11-12H2,1H3,(H,21,22). The first kappa shape index (κ1) is 16.2. The Morgan fingerprint density at radius 2 is 1.71 bits per heavy atom. The molecule has 0 fully saturated rings. The monoisotopic (exact) mass is 339 g/mol. The molecule has 24 heavy (non-hydrogen) atoms. The molecule has 3 rings (SSSR count). The first-order valence-corrected chi connectivity index (χ1v) is 8.36. The Hall–Kier alpha value is -2.66. The van der Waals surface area contributed by atoms with Crippen molar-refractivity contribution >= 4 is 17.3 Å². The molecule has 4 nitrogen and oxygen atoms in total. The molecule has 0 saturated heterocycles. The van der Waals surface area contributed by atoms with Gasteiger partial charge in [0, 0.05) is 12.8 Å². The number of carbonyl (C=O) groups is 1. The Balaban J connectivity index is 1.83. The zero-order valence-electron chi connectivity index (χ0n) is 13.2. The Labute approximate surface area is 144 Å². The number of thiazole rings is 1. The zero-order chi connectivity index (χ0) is 16.9. The summed E-state index contributed by atoms with van der Waals surface area (Å²) in [5.74, 6) is -0.117. The fourth-order valence-electron chi connectivity index (χ4n) is 2.47. The number of carboxylic acids is 1. The zero-order valence-corrected chi connectivity index (χ0v) is 14.0. The SMILES string of the molecule is COc1ccc(Cc2nc(Cc3ccccc3)c(C(=O)O)s2)cc1. The molecule has 0 spiro atoms. The number of nitrogens with zero attached hydrogens (tertiary/aromatic N) is 1. The van der Waals surface area contributed by atoms with Gasteiger partial charge in [-0.05, 0) is 23.3 Å². The van der Waals surface area contributed by atoms with E-state index in [1.165, 1.54) is 11.3 Å². The quantitative estimate of drug-likeness (QED) is 0.736. The Bertz CT molecular complexity index is 826. The first-order valence-electron chi connectivity index (χ1n) is 7.54. The van der Waals surface area contributed by atoms with Crippen molar-refractivity contribution in [3.8, 4) is 5.75 Å². The predicted octanol–water partition coefficient (Wildman–Crippen LogP) is 4.03. The molecule has 0 saturated carbocycles. The van der Waals surface area contributed by atoms with Gasteiger partial charge in [-0.15, -0.1) is 11.3 Å². The number of ether oxygens (including phenoxy) is 1. The fraction of sp³-hybridized carbons (Fsp3) is 0.158. The molecule has 0 radical (unpaired) electrons. The lowest BCUT2D eigenvalue weighted by molar-refractivity contribution is 0.0701. The lowest BCUT2D eigenvalue weighted by Gasteiger charge is -2.01. The number of aromatic nitrogens is 1. The van der Waals surface area contributed by atoms with Crippen LogP contribution in [-0.4, -0.2) is 23.2 Å². The van der Waals surface area contributed by atoms with Gasteiger partial charge >= 0.3 is 5.97 Å². The topological polar surface area (TPSA) is 59.4 Å². The first-order chi connectivity index (χ1) is 11.7. The third kappa shape index (κ3) is 3.81. The van der Waals surface area contributed by atoms with Crippen LogP contribution in [0.25, 0.3) is 0 Å². The molecule has 0 aliphatic carbocycles. The van der Waals surface area contributed by atoms with Crippen LogP contribution in [0, 0.1) is 0 Å². The van der Waals surface area contributed by atoms with Crippen LogP contribution in [0.5, 0.6) is 5.75 Å². The fourth-order valence-corrected chi connectivity index (χ4v) is 3.42. The lowest BCUT2D eigenvalue weighted by Crippen LogP contribution is -1.99. The van der Waals surface area contributed by atoms with Gasteiger partial charge in [0.05, 0.1) is 17.8 Å². The van der Waals surface area contributed by atoms with E-state index in [0.29, 0.717) is 23.4 Å². The molecule has 0 unspecified atom stereocenters. The smallest absolute Gasteiger partial charge is 0.347 e. The minimum Gasteiger partial charge on any atom is -0.497 e. The van der Waals surface area contributed by atoms with Crippen molar-refractivity contribution in [1.29, 1.82) is 0 Å². The van der Waals surface area contributed by atoms with E-state index in [1.54, 1.807) is 7.11 Å². The highest BCUT2D eigenvalue weighted by Gasteiger charge is 2.17. The maximum Gasteiger partial charge on any atom is 0.347 e. The summed E-state index contributed by atoms with van der Waals surface area (Å²) in [5.41, 5.74) is 2.76. The molecule has 122 valence electrons. The van der Waals surface area contributed by atoms with E-state index in [2.05, 4.69) is 4.98 Å². The second-order valence-electron chi connectivity index (χ2n) is 5.38. The van der Waals surface area contributed by atoms with Gasteiger partial charge < -0.3 is 9.84 Å². The molecule has 0 aliphatic rings. The van der Waals surface area contributed by atoms with Crippen molar-refractivity contribution in [1.82, 2.24) is 4.98 Å². The Morgan fingerprint density at radius 1 is 1.04 bits per heavy atom. The van der Waals surface area contributed by atoms with Crippen LogP contribution in [0.2, 0.25) is 0 Å². The van der Waals surface area contributed by atoms with Crippen molar-refractivity contribution in [3.63, 3.8) is 0 Å². The Kier molecular flexibility index (Phi) is 4.91. The molecule has 3 aromatic rings. The number of benzene rings is 2. The summed E-state index contributed by atoms with van der Waals surface area (Å²) in [5, 5.41) is 10.3. The molecular formula is C19H17NO3S. The van der Waals surface area contributed by atoms with E-state index in [0.717, 1.165) is 21.9 Å². The molecule has 2 aromatic carbocycles. The minimum absolute atomic E-state index is 0.322. The molecule has 1 heterocycles. The summed E-state index contributed by atoms with van der Waals surface area (Å²) in [7, 11) is 1.63. The van der Waals surface area contributed by atoms with Gasteiger partial charge in [-0.25, -0.2) is 9.78 Å². The number of rotatable bonds is 6. The molecule has 1 aromatic heterocycles.